The highest BCUT2D eigenvalue weighted by Gasteiger charge is 2.16. The molecule has 0 aliphatic rings. The lowest BCUT2D eigenvalue weighted by Crippen LogP contribution is -2.28. The maximum atomic E-state index is 3.56. The van der Waals surface area contributed by atoms with E-state index >= 15 is 0 Å². The standard InChI is InChI=1S/C14H25NS/c1-4-5-6-8-14(2,3)12-15-10-13-7-9-16-11-13/h7,9,11,15H,4-6,8,10,12H2,1-3H3. The van der Waals surface area contributed by atoms with Crippen LogP contribution in [-0.2, 0) is 6.54 Å². The predicted molar refractivity (Wildman–Crippen MR) is 73.9 cm³/mol. The molecular formula is C14H25NS. The summed E-state index contributed by atoms with van der Waals surface area (Å²) < 4.78 is 0. The molecule has 0 saturated heterocycles. The van der Waals surface area contributed by atoms with Crippen molar-refractivity contribution in [2.45, 2.75) is 53.0 Å². The van der Waals surface area contributed by atoms with Crippen molar-refractivity contribution in [2.75, 3.05) is 6.54 Å². The van der Waals surface area contributed by atoms with Crippen LogP contribution in [0.5, 0.6) is 0 Å². The van der Waals surface area contributed by atoms with Crippen LogP contribution in [0.3, 0.4) is 0 Å². The quantitative estimate of drug-likeness (QED) is 0.661. The molecule has 1 N–H and O–H groups in total. The van der Waals surface area contributed by atoms with Gasteiger partial charge in [-0.3, -0.25) is 0 Å². The highest BCUT2D eigenvalue weighted by molar-refractivity contribution is 7.07. The maximum absolute atomic E-state index is 3.56. The normalized spacial score (nSPS) is 11.9. The third-order valence-corrected chi connectivity index (χ3v) is 3.70. The average Bonchev–Trinajstić information content (AvgIpc) is 2.70. The summed E-state index contributed by atoms with van der Waals surface area (Å²) in [6.07, 6.45) is 5.38. The first-order valence-electron chi connectivity index (χ1n) is 6.36. The van der Waals surface area contributed by atoms with Crippen LogP contribution in [0.15, 0.2) is 16.8 Å². The molecule has 0 amide bonds. The Balaban J connectivity index is 2.14. The van der Waals surface area contributed by atoms with E-state index in [1.54, 1.807) is 11.3 Å². The molecule has 0 aliphatic heterocycles. The second kappa shape index (κ2) is 7.08. The topological polar surface area (TPSA) is 12.0 Å². The predicted octanol–water partition coefficient (Wildman–Crippen LogP) is 4.44. The number of rotatable bonds is 8. The number of hydrogen-bond acceptors (Lipinski definition) is 2. The molecule has 1 aromatic rings. The molecule has 0 spiro atoms. The highest BCUT2D eigenvalue weighted by atomic mass is 32.1. The zero-order valence-corrected chi connectivity index (χ0v) is 11.7. The molecule has 1 rings (SSSR count). The largest absolute Gasteiger partial charge is 0.312 e. The zero-order valence-electron chi connectivity index (χ0n) is 10.9. The Kier molecular flexibility index (Phi) is 6.07. The van der Waals surface area contributed by atoms with Crippen molar-refractivity contribution in [1.82, 2.24) is 5.32 Å². The smallest absolute Gasteiger partial charge is 0.0213 e. The number of thiophene rings is 1. The summed E-state index contributed by atoms with van der Waals surface area (Å²) in [6, 6.07) is 2.20. The monoisotopic (exact) mass is 239 g/mol. The molecule has 1 nitrogen and oxygen atoms in total. The van der Waals surface area contributed by atoms with Crippen LogP contribution >= 0.6 is 11.3 Å². The average molecular weight is 239 g/mol. The lowest BCUT2D eigenvalue weighted by atomic mass is 9.87. The summed E-state index contributed by atoms with van der Waals surface area (Å²) >= 11 is 1.77. The van der Waals surface area contributed by atoms with Gasteiger partial charge in [0, 0.05) is 13.1 Å². The van der Waals surface area contributed by atoms with Gasteiger partial charge < -0.3 is 5.32 Å². The molecule has 0 aromatic carbocycles. The molecular weight excluding hydrogens is 214 g/mol. The van der Waals surface area contributed by atoms with E-state index in [-0.39, 0.29) is 0 Å². The van der Waals surface area contributed by atoms with Gasteiger partial charge in [0.1, 0.15) is 0 Å². The summed E-state index contributed by atoms with van der Waals surface area (Å²) in [7, 11) is 0. The second-order valence-electron chi connectivity index (χ2n) is 5.36. The Hall–Kier alpha value is -0.340. The molecule has 0 radical (unpaired) electrons. The van der Waals surface area contributed by atoms with Gasteiger partial charge in [-0.15, -0.1) is 0 Å². The fourth-order valence-corrected chi connectivity index (χ4v) is 2.55. The van der Waals surface area contributed by atoms with Crippen LogP contribution < -0.4 is 5.32 Å². The first-order valence-corrected chi connectivity index (χ1v) is 7.30. The van der Waals surface area contributed by atoms with E-state index in [1.807, 2.05) is 0 Å². The van der Waals surface area contributed by atoms with Gasteiger partial charge in [-0.25, -0.2) is 0 Å². The molecule has 2 heteroatoms. The van der Waals surface area contributed by atoms with Crippen molar-refractivity contribution in [1.29, 1.82) is 0 Å². The minimum Gasteiger partial charge on any atom is -0.312 e. The highest BCUT2D eigenvalue weighted by Crippen LogP contribution is 2.22. The Morgan fingerprint density at radius 3 is 2.75 bits per heavy atom. The van der Waals surface area contributed by atoms with Crippen LogP contribution in [0.4, 0.5) is 0 Å². The SMILES string of the molecule is CCCCCC(C)(C)CNCc1ccsc1. The van der Waals surface area contributed by atoms with Crippen molar-refractivity contribution in [3.05, 3.63) is 22.4 Å². The Bertz CT molecular complexity index is 264. The van der Waals surface area contributed by atoms with Crippen molar-refractivity contribution in [3.8, 4) is 0 Å². The van der Waals surface area contributed by atoms with E-state index in [0.29, 0.717) is 5.41 Å². The summed E-state index contributed by atoms with van der Waals surface area (Å²) in [5.41, 5.74) is 1.85. The van der Waals surface area contributed by atoms with E-state index in [4.69, 9.17) is 0 Å². The lowest BCUT2D eigenvalue weighted by molar-refractivity contribution is 0.302. The molecule has 0 aliphatic carbocycles. The van der Waals surface area contributed by atoms with Crippen molar-refractivity contribution in [3.63, 3.8) is 0 Å². The molecule has 92 valence electrons. The second-order valence-corrected chi connectivity index (χ2v) is 6.14. The summed E-state index contributed by atoms with van der Waals surface area (Å²) in [5, 5.41) is 7.92. The minimum atomic E-state index is 0.436. The van der Waals surface area contributed by atoms with E-state index in [2.05, 4.69) is 42.9 Å². The minimum absolute atomic E-state index is 0.436. The van der Waals surface area contributed by atoms with Crippen molar-refractivity contribution >= 4 is 11.3 Å². The fraction of sp³-hybridized carbons (Fsp3) is 0.714. The van der Waals surface area contributed by atoms with Gasteiger partial charge in [-0.1, -0.05) is 40.0 Å². The molecule has 0 fully saturated rings. The first-order chi connectivity index (χ1) is 7.64. The lowest BCUT2D eigenvalue weighted by Gasteiger charge is -2.25. The van der Waals surface area contributed by atoms with Crippen LogP contribution in [0.2, 0.25) is 0 Å². The van der Waals surface area contributed by atoms with Gasteiger partial charge in [0.2, 0.25) is 0 Å². The molecule has 1 aromatic heterocycles. The van der Waals surface area contributed by atoms with Gasteiger partial charge in [-0.2, -0.15) is 11.3 Å². The van der Waals surface area contributed by atoms with Crippen LogP contribution in [0.25, 0.3) is 0 Å². The van der Waals surface area contributed by atoms with Gasteiger partial charge in [-0.05, 0) is 34.2 Å². The third kappa shape index (κ3) is 5.66. The summed E-state index contributed by atoms with van der Waals surface area (Å²) in [6.45, 7) is 9.13. The van der Waals surface area contributed by atoms with E-state index in [0.717, 1.165) is 13.1 Å². The molecule has 0 unspecified atom stereocenters. The van der Waals surface area contributed by atoms with Crippen molar-refractivity contribution in [2.24, 2.45) is 5.41 Å². The van der Waals surface area contributed by atoms with Gasteiger partial charge in [0.15, 0.2) is 0 Å². The van der Waals surface area contributed by atoms with E-state index in [9.17, 15) is 0 Å². The number of unbranched alkanes of at least 4 members (excludes halogenated alkanes) is 2. The number of nitrogens with one attached hydrogen (secondary N) is 1. The molecule has 16 heavy (non-hydrogen) atoms. The van der Waals surface area contributed by atoms with Gasteiger partial charge in [0.25, 0.3) is 0 Å². The van der Waals surface area contributed by atoms with Crippen LogP contribution in [0.1, 0.15) is 52.0 Å². The van der Waals surface area contributed by atoms with Crippen LogP contribution in [0, 0.1) is 5.41 Å². The van der Waals surface area contributed by atoms with Crippen LogP contribution in [-0.4, -0.2) is 6.54 Å². The van der Waals surface area contributed by atoms with Crippen molar-refractivity contribution < 1.29 is 0 Å². The van der Waals surface area contributed by atoms with Gasteiger partial charge in [0.05, 0.1) is 0 Å². The summed E-state index contributed by atoms with van der Waals surface area (Å²) in [5.74, 6) is 0. The van der Waals surface area contributed by atoms with E-state index < -0.39 is 0 Å². The van der Waals surface area contributed by atoms with Gasteiger partial charge >= 0.3 is 0 Å². The molecule has 0 bridgehead atoms. The summed E-state index contributed by atoms with van der Waals surface area (Å²) in [4.78, 5) is 0. The number of hydrogen-bond donors (Lipinski definition) is 1. The molecule has 0 atom stereocenters. The maximum Gasteiger partial charge on any atom is 0.0213 e. The Morgan fingerprint density at radius 2 is 2.12 bits per heavy atom. The first kappa shape index (κ1) is 13.7. The third-order valence-electron chi connectivity index (χ3n) is 2.97. The molecule has 1 heterocycles. The Labute approximate surface area is 104 Å². The van der Waals surface area contributed by atoms with E-state index in [1.165, 1.54) is 31.2 Å². The molecule has 0 saturated carbocycles. The Morgan fingerprint density at radius 1 is 1.31 bits per heavy atom. The fourth-order valence-electron chi connectivity index (χ4n) is 1.88. The zero-order chi connectivity index (χ0) is 11.9.